The predicted molar refractivity (Wildman–Crippen MR) is 139 cm³/mol. The second-order valence-electron chi connectivity index (χ2n) is 11.1. The smallest absolute Gasteiger partial charge is 0.365 e. The van der Waals surface area contributed by atoms with E-state index < -0.39 is 12.3 Å². The molecule has 13 nitrogen and oxygen atoms in total. The zero-order chi connectivity index (χ0) is 26.2. The van der Waals surface area contributed by atoms with Crippen LogP contribution in [0.25, 0.3) is 11.2 Å². The van der Waals surface area contributed by atoms with Crippen LogP contribution >= 0.6 is 0 Å². The number of hydrogen-bond donors (Lipinski definition) is 4. The Morgan fingerprint density at radius 1 is 1.11 bits per heavy atom. The molecular weight excluding hydrogens is 488 g/mol. The van der Waals surface area contributed by atoms with Crippen molar-refractivity contribution in [2.75, 3.05) is 10.6 Å². The Labute approximate surface area is 220 Å². The van der Waals surface area contributed by atoms with Crippen LogP contribution in [0.4, 0.5) is 16.6 Å². The number of nitrogens with one attached hydrogen (secondary N) is 4. The summed E-state index contributed by atoms with van der Waals surface area (Å²) < 4.78 is 7.10. The Morgan fingerprint density at radius 3 is 2.58 bits per heavy atom. The van der Waals surface area contributed by atoms with Crippen LogP contribution < -0.4 is 21.4 Å². The Kier molecular flexibility index (Phi) is 6.76. The van der Waals surface area contributed by atoms with Crippen molar-refractivity contribution in [3.05, 3.63) is 17.2 Å². The Morgan fingerprint density at radius 2 is 1.92 bits per heavy atom. The van der Waals surface area contributed by atoms with Crippen molar-refractivity contribution in [1.29, 1.82) is 0 Å². The van der Waals surface area contributed by atoms with Gasteiger partial charge in [0.1, 0.15) is 16.9 Å². The van der Waals surface area contributed by atoms with Crippen LogP contribution in [0.15, 0.2) is 4.63 Å². The largest absolute Gasteiger partial charge is 0.427 e. The number of carbonyl (C=O) groups is 1. The third-order valence-corrected chi connectivity index (χ3v) is 8.37. The lowest BCUT2D eigenvalue weighted by Gasteiger charge is -2.32. The molecule has 3 aliphatic rings. The summed E-state index contributed by atoms with van der Waals surface area (Å²) >= 11 is 0. The third-order valence-electron chi connectivity index (χ3n) is 8.37. The molecule has 3 aromatic rings. The highest BCUT2D eigenvalue weighted by Gasteiger charge is 2.31. The van der Waals surface area contributed by atoms with E-state index in [0.717, 1.165) is 35.2 Å². The lowest BCUT2D eigenvalue weighted by molar-refractivity contribution is 0.120. The molecule has 204 valence electrons. The summed E-state index contributed by atoms with van der Waals surface area (Å²) in [7, 11) is 0. The lowest BCUT2D eigenvalue weighted by Crippen LogP contribution is -2.32. The van der Waals surface area contributed by atoms with E-state index in [2.05, 4.69) is 50.2 Å². The van der Waals surface area contributed by atoms with Crippen molar-refractivity contribution in [1.82, 2.24) is 40.6 Å². The minimum atomic E-state index is -0.656. The molecule has 3 fully saturated rings. The Balaban J connectivity index is 1.40. The zero-order valence-electron chi connectivity index (χ0n) is 22.2. The van der Waals surface area contributed by atoms with Crippen molar-refractivity contribution in [3.63, 3.8) is 0 Å². The number of fused-ring (bicyclic) bond motifs is 1. The van der Waals surface area contributed by atoms with E-state index in [1.54, 1.807) is 0 Å². The molecule has 13 heteroatoms. The summed E-state index contributed by atoms with van der Waals surface area (Å²) in [6.07, 6.45) is 7.30. The van der Waals surface area contributed by atoms with Gasteiger partial charge in [0, 0.05) is 12.6 Å². The fourth-order valence-corrected chi connectivity index (χ4v) is 5.62. The van der Waals surface area contributed by atoms with E-state index in [4.69, 9.17) is 24.4 Å². The standard InChI is InChI=1S/C25H36N10O3/c1-13-7-9-16(10-8-13)12-35-19-20(27-14(2)17-5-4-6-17)28-22(23-31-25(36)37-34-23)29-21(19)30-24(35)26-11-18-15(3)32-38-33-18/h13-14,16-17,23,34H,4-12H2,1-3H3,(H,31,36)(H2,26,27,28,29,30)/t13?,14-,16?,23?/m1/s1. The second-order valence-corrected chi connectivity index (χ2v) is 11.1. The fourth-order valence-electron chi connectivity index (χ4n) is 5.62. The number of aryl methyl sites for hydroxylation is 1. The highest BCUT2D eigenvalue weighted by atomic mass is 16.7. The molecule has 38 heavy (non-hydrogen) atoms. The molecule has 4 N–H and O–H groups in total. The number of nitrogens with zero attached hydrogens (tertiary/aromatic N) is 6. The van der Waals surface area contributed by atoms with Gasteiger partial charge in [-0.1, -0.05) is 36.5 Å². The molecule has 2 saturated carbocycles. The number of hydroxylamine groups is 1. The van der Waals surface area contributed by atoms with Crippen LogP contribution in [-0.4, -0.2) is 42.0 Å². The molecule has 3 aromatic heterocycles. The number of carbonyl (C=O) groups excluding carboxylic acids is 1. The lowest BCUT2D eigenvalue weighted by atomic mass is 9.80. The van der Waals surface area contributed by atoms with Gasteiger partial charge in [-0.25, -0.2) is 19.4 Å². The minimum absolute atomic E-state index is 0.247. The topological polar surface area (TPSA) is 157 Å². The van der Waals surface area contributed by atoms with E-state index >= 15 is 0 Å². The van der Waals surface area contributed by atoms with Gasteiger partial charge in [0.05, 0.1) is 6.54 Å². The van der Waals surface area contributed by atoms with Gasteiger partial charge in [-0.2, -0.15) is 4.98 Å². The summed E-state index contributed by atoms with van der Waals surface area (Å²) in [5.74, 6) is 3.73. The number of amides is 1. The van der Waals surface area contributed by atoms with Crippen molar-refractivity contribution in [2.24, 2.45) is 17.8 Å². The van der Waals surface area contributed by atoms with Gasteiger partial charge in [-0.15, -0.1) is 5.48 Å². The van der Waals surface area contributed by atoms with Crippen LogP contribution in [0.3, 0.4) is 0 Å². The summed E-state index contributed by atoms with van der Waals surface area (Å²) in [6, 6.07) is 0.247. The first-order valence-corrected chi connectivity index (χ1v) is 13.7. The van der Waals surface area contributed by atoms with E-state index in [-0.39, 0.29) is 6.04 Å². The number of anilines is 2. The predicted octanol–water partition coefficient (Wildman–Crippen LogP) is 3.80. The van der Waals surface area contributed by atoms with Gasteiger partial charge in [-0.05, 0) is 57.3 Å². The van der Waals surface area contributed by atoms with E-state index in [1.165, 1.54) is 44.9 Å². The summed E-state index contributed by atoms with van der Waals surface area (Å²) in [5, 5.41) is 17.7. The molecule has 2 atom stereocenters. The van der Waals surface area contributed by atoms with E-state index in [9.17, 15) is 4.79 Å². The van der Waals surface area contributed by atoms with Gasteiger partial charge in [0.15, 0.2) is 23.5 Å². The molecule has 0 radical (unpaired) electrons. The number of aromatic nitrogens is 6. The molecular formula is C25H36N10O3. The van der Waals surface area contributed by atoms with Crippen LogP contribution in [0.2, 0.25) is 0 Å². The van der Waals surface area contributed by atoms with Gasteiger partial charge < -0.3 is 20.0 Å². The van der Waals surface area contributed by atoms with Crippen molar-refractivity contribution in [2.45, 2.75) is 91.0 Å². The van der Waals surface area contributed by atoms with E-state index in [1.807, 2.05) is 6.92 Å². The third kappa shape index (κ3) is 4.98. The van der Waals surface area contributed by atoms with Crippen LogP contribution in [-0.2, 0) is 17.9 Å². The van der Waals surface area contributed by atoms with Gasteiger partial charge >= 0.3 is 6.09 Å². The number of rotatable bonds is 9. The van der Waals surface area contributed by atoms with Crippen molar-refractivity contribution < 1.29 is 14.3 Å². The van der Waals surface area contributed by atoms with Crippen molar-refractivity contribution in [3.8, 4) is 0 Å². The highest BCUT2D eigenvalue weighted by molar-refractivity contribution is 5.86. The molecule has 0 spiro atoms. The molecule has 6 rings (SSSR count). The van der Waals surface area contributed by atoms with Crippen LogP contribution in [0.1, 0.15) is 82.2 Å². The first kappa shape index (κ1) is 24.8. The van der Waals surface area contributed by atoms with E-state index in [0.29, 0.717) is 35.8 Å². The summed E-state index contributed by atoms with van der Waals surface area (Å²) in [4.78, 5) is 31.2. The summed E-state index contributed by atoms with van der Waals surface area (Å²) in [6.45, 7) is 7.66. The Hall–Kier alpha value is -3.48. The molecule has 1 unspecified atom stereocenters. The van der Waals surface area contributed by atoms with Gasteiger partial charge in [0.25, 0.3) is 0 Å². The molecule has 1 saturated heterocycles. The number of imidazole rings is 1. The second kappa shape index (κ2) is 10.4. The van der Waals surface area contributed by atoms with Gasteiger partial charge in [0.2, 0.25) is 5.95 Å². The van der Waals surface area contributed by atoms with Crippen LogP contribution in [0, 0.1) is 24.7 Å². The molecule has 1 aliphatic heterocycles. The maximum absolute atomic E-state index is 11.7. The molecule has 0 bridgehead atoms. The molecule has 1 amide bonds. The first-order chi connectivity index (χ1) is 18.4. The zero-order valence-corrected chi connectivity index (χ0v) is 22.2. The normalized spacial score (nSPS) is 24.6. The fraction of sp³-hybridized carbons (Fsp3) is 0.680. The molecule has 0 aromatic carbocycles. The molecule has 4 heterocycles. The van der Waals surface area contributed by atoms with Crippen LogP contribution in [0.5, 0.6) is 0 Å². The summed E-state index contributed by atoms with van der Waals surface area (Å²) in [5.41, 5.74) is 5.55. The first-order valence-electron chi connectivity index (χ1n) is 13.7. The SMILES string of the molecule is Cc1nonc1CNc1nc2nc(C3NOC(=O)N3)nc(N[C@H](C)C3CCC3)c2n1CC1CCC(C)CC1. The Bertz CT molecular complexity index is 1290. The monoisotopic (exact) mass is 524 g/mol. The maximum atomic E-state index is 11.7. The minimum Gasteiger partial charge on any atom is -0.365 e. The van der Waals surface area contributed by atoms with Crippen molar-refractivity contribution >= 4 is 29.0 Å². The highest BCUT2D eigenvalue weighted by Crippen LogP contribution is 2.35. The molecule has 2 aliphatic carbocycles. The van der Waals surface area contributed by atoms with Gasteiger partial charge in [-0.3, -0.25) is 5.32 Å². The maximum Gasteiger partial charge on any atom is 0.427 e. The quantitative estimate of drug-likeness (QED) is 0.323. The average molecular weight is 525 g/mol. The number of hydrogen-bond acceptors (Lipinski definition) is 11. The average Bonchev–Trinajstić information content (AvgIpc) is 3.56.